The zero-order valence-corrected chi connectivity index (χ0v) is 15.3. The van der Waals surface area contributed by atoms with E-state index in [2.05, 4.69) is 24.3 Å². The number of rotatable bonds is 3. The highest BCUT2D eigenvalue weighted by Crippen LogP contribution is 2.40. The minimum absolute atomic E-state index is 0.0321. The maximum atomic E-state index is 12.6. The highest BCUT2D eigenvalue weighted by atomic mass is 16.6. The van der Waals surface area contributed by atoms with Crippen molar-refractivity contribution in [3.63, 3.8) is 0 Å². The number of carbonyl (C=O) groups is 1. The van der Waals surface area contributed by atoms with Gasteiger partial charge in [-0.1, -0.05) is 72.3 Å². The van der Waals surface area contributed by atoms with E-state index in [9.17, 15) is 9.90 Å². The van der Waals surface area contributed by atoms with Gasteiger partial charge < -0.3 is 9.84 Å². The molecule has 0 aliphatic carbocycles. The van der Waals surface area contributed by atoms with Gasteiger partial charge in [0.15, 0.2) is 11.9 Å². The van der Waals surface area contributed by atoms with Crippen LogP contribution in [0.1, 0.15) is 28.4 Å². The molecule has 3 aromatic rings. The Morgan fingerprint density at radius 1 is 0.852 bits per heavy atom. The van der Waals surface area contributed by atoms with E-state index in [1.54, 1.807) is 0 Å². The number of carbonyl (C=O) groups excluding carboxylic acids is 1. The molecular formula is C24H20O3. The normalized spacial score (nSPS) is 16.5. The lowest BCUT2D eigenvalue weighted by molar-refractivity contribution is -0.138. The molecule has 1 heterocycles. The monoisotopic (exact) mass is 356 g/mol. The predicted octanol–water partition coefficient (Wildman–Crippen LogP) is 5.54. The molecule has 0 fully saturated rings. The van der Waals surface area contributed by atoms with Gasteiger partial charge in [0.05, 0.1) is 0 Å². The lowest BCUT2D eigenvalue weighted by atomic mass is 9.93. The molecule has 27 heavy (non-hydrogen) atoms. The van der Waals surface area contributed by atoms with Crippen LogP contribution in [0.4, 0.5) is 0 Å². The van der Waals surface area contributed by atoms with Crippen LogP contribution in [0.3, 0.4) is 0 Å². The van der Waals surface area contributed by atoms with Crippen LogP contribution >= 0.6 is 0 Å². The van der Waals surface area contributed by atoms with Crippen LogP contribution in [0.25, 0.3) is 16.7 Å². The zero-order valence-electron chi connectivity index (χ0n) is 15.3. The summed E-state index contributed by atoms with van der Waals surface area (Å²) in [6, 6.07) is 23.4. The largest absolute Gasteiger partial charge is 0.507 e. The van der Waals surface area contributed by atoms with Crippen molar-refractivity contribution >= 4 is 11.5 Å². The van der Waals surface area contributed by atoms with Crippen molar-refractivity contribution < 1.29 is 14.6 Å². The lowest BCUT2D eigenvalue weighted by Gasteiger charge is -2.10. The molecule has 1 unspecified atom stereocenters. The molecule has 1 aliphatic heterocycles. The third-order valence-corrected chi connectivity index (χ3v) is 4.93. The van der Waals surface area contributed by atoms with Gasteiger partial charge >= 0.3 is 5.97 Å². The fraction of sp³-hybridized carbons (Fsp3) is 0.125. The van der Waals surface area contributed by atoms with Crippen LogP contribution in [0.5, 0.6) is 0 Å². The average Bonchev–Trinajstić information content (AvgIpc) is 2.98. The molecule has 0 spiro atoms. The second-order valence-electron chi connectivity index (χ2n) is 6.85. The SMILES string of the molecule is Cc1ccc(-c2ccc(C)c(C3=C(O)C(c4ccccc4)OC3=O)c2)cc1. The summed E-state index contributed by atoms with van der Waals surface area (Å²) in [6.45, 7) is 3.98. The Labute approximate surface area is 158 Å². The Morgan fingerprint density at radius 3 is 2.22 bits per heavy atom. The van der Waals surface area contributed by atoms with Gasteiger partial charge in [-0.2, -0.15) is 0 Å². The summed E-state index contributed by atoms with van der Waals surface area (Å²) < 4.78 is 5.48. The first-order valence-electron chi connectivity index (χ1n) is 8.91. The highest BCUT2D eigenvalue weighted by Gasteiger charge is 2.36. The number of aliphatic hydroxyl groups is 1. The molecule has 3 heteroatoms. The molecule has 0 aromatic heterocycles. The Morgan fingerprint density at radius 2 is 1.52 bits per heavy atom. The number of hydrogen-bond donors (Lipinski definition) is 1. The summed E-state index contributed by atoms with van der Waals surface area (Å²) in [5.74, 6) is -0.527. The highest BCUT2D eigenvalue weighted by molar-refractivity contribution is 6.19. The van der Waals surface area contributed by atoms with Crippen molar-refractivity contribution in [1.82, 2.24) is 0 Å². The number of hydrogen-bond acceptors (Lipinski definition) is 3. The van der Waals surface area contributed by atoms with Gasteiger partial charge in [-0.25, -0.2) is 4.79 Å². The van der Waals surface area contributed by atoms with Crippen molar-refractivity contribution in [2.45, 2.75) is 20.0 Å². The Hall–Kier alpha value is -3.33. The zero-order chi connectivity index (χ0) is 19.0. The molecule has 0 radical (unpaired) electrons. The molecule has 0 amide bonds. The summed E-state index contributed by atoms with van der Waals surface area (Å²) in [7, 11) is 0. The summed E-state index contributed by atoms with van der Waals surface area (Å²) in [6.07, 6.45) is -0.754. The van der Waals surface area contributed by atoms with Crippen molar-refractivity contribution in [2.24, 2.45) is 0 Å². The second-order valence-corrected chi connectivity index (χ2v) is 6.85. The third-order valence-electron chi connectivity index (χ3n) is 4.93. The summed E-state index contributed by atoms with van der Waals surface area (Å²) in [5, 5.41) is 10.8. The fourth-order valence-electron chi connectivity index (χ4n) is 3.38. The van der Waals surface area contributed by atoms with Gasteiger partial charge in [0.25, 0.3) is 0 Å². The first-order valence-corrected chi connectivity index (χ1v) is 8.91. The predicted molar refractivity (Wildman–Crippen MR) is 106 cm³/mol. The smallest absolute Gasteiger partial charge is 0.343 e. The van der Waals surface area contributed by atoms with Crippen molar-refractivity contribution in [3.05, 3.63) is 101 Å². The van der Waals surface area contributed by atoms with E-state index >= 15 is 0 Å². The summed E-state index contributed by atoms with van der Waals surface area (Å²) in [4.78, 5) is 12.6. The van der Waals surface area contributed by atoms with Crippen LogP contribution in [0.15, 0.2) is 78.6 Å². The summed E-state index contributed by atoms with van der Waals surface area (Å²) >= 11 is 0. The number of cyclic esters (lactones) is 1. The van der Waals surface area contributed by atoms with E-state index < -0.39 is 12.1 Å². The first kappa shape index (κ1) is 17.1. The molecular weight excluding hydrogens is 336 g/mol. The van der Waals surface area contributed by atoms with Gasteiger partial charge in [-0.3, -0.25) is 0 Å². The fourth-order valence-corrected chi connectivity index (χ4v) is 3.38. The molecule has 4 rings (SSSR count). The number of ether oxygens (including phenoxy) is 1. The van der Waals surface area contributed by atoms with E-state index in [0.717, 1.165) is 22.3 Å². The number of aliphatic hydroxyl groups excluding tert-OH is 1. The minimum atomic E-state index is -0.754. The molecule has 3 aromatic carbocycles. The van der Waals surface area contributed by atoms with E-state index in [1.165, 1.54) is 5.56 Å². The summed E-state index contributed by atoms with van der Waals surface area (Å²) in [5.41, 5.74) is 5.87. The minimum Gasteiger partial charge on any atom is -0.507 e. The number of esters is 1. The van der Waals surface area contributed by atoms with E-state index in [-0.39, 0.29) is 11.3 Å². The van der Waals surface area contributed by atoms with Crippen molar-refractivity contribution in [2.75, 3.05) is 0 Å². The van der Waals surface area contributed by atoms with Crippen LogP contribution in [-0.4, -0.2) is 11.1 Å². The van der Waals surface area contributed by atoms with Gasteiger partial charge in [0.1, 0.15) is 5.57 Å². The van der Waals surface area contributed by atoms with Gasteiger partial charge in [0, 0.05) is 5.56 Å². The molecule has 0 bridgehead atoms. The van der Waals surface area contributed by atoms with E-state index in [1.807, 2.05) is 62.4 Å². The third kappa shape index (κ3) is 3.13. The molecule has 0 saturated carbocycles. The maximum Gasteiger partial charge on any atom is 0.343 e. The molecule has 1 N–H and O–H groups in total. The molecule has 1 aliphatic rings. The second kappa shape index (κ2) is 6.76. The molecule has 3 nitrogen and oxygen atoms in total. The number of aryl methyl sites for hydroxylation is 2. The standard InChI is InChI=1S/C24H20O3/c1-15-8-11-17(12-9-15)19-13-10-16(2)20(14-19)21-22(25)23(27-24(21)26)18-6-4-3-5-7-18/h3-14,23,25H,1-2H3. The number of benzene rings is 3. The Bertz CT molecular complexity index is 1030. The van der Waals surface area contributed by atoms with Gasteiger partial charge in [-0.15, -0.1) is 0 Å². The van der Waals surface area contributed by atoms with Crippen molar-refractivity contribution in [3.8, 4) is 11.1 Å². The molecule has 134 valence electrons. The average molecular weight is 356 g/mol. The van der Waals surface area contributed by atoms with E-state index in [4.69, 9.17) is 4.74 Å². The van der Waals surface area contributed by atoms with Crippen LogP contribution in [0.2, 0.25) is 0 Å². The van der Waals surface area contributed by atoms with Gasteiger partial charge in [0.2, 0.25) is 0 Å². The maximum absolute atomic E-state index is 12.6. The Kier molecular flexibility index (Phi) is 4.28. The molecule has 0 saturated heterocycles. The van der Waals surface area contributed by atoms with Crippen LogP contribution < -0.4 is 0 Å². The Balaban J connectivity index is 1.80. The first-order chi connectivity index (χ1) is 13.0. The van der Waals surface area contributed by atoms with Crippen LogP contribution in [-0.2, 0) is 9.53 Å². The van der Waals surface area contributed by atoms with Crippen LogP contribution in [0, 0.1) is 13.8 Å². The topological polar surface area (TPSA) is 46.5 Å². The molecule has 1 atom stereocenters. The van der Waals surface area contributed by atoms with Crippen molar-refractivity contribution in [1.29, 1.82) is 0 Å². The lowest BCUT2D eigenvalue weighted by Crippen LogP contribution is -2.03. The van der Waals surface area contributed by atoms with Gasteiger partial charge in [-0.05, 0) is 42.2 Å². The van der Waals surface area contributed by atoms with E-state index in [0.29, 0.717) is 5.56 Å². The quantitative estimate of drug-likeness (QED) is 0.627.